The molecule has 13 heavy (non-hydrogen) atoms. The summed E-state index contributed by atoms with van der Waals surface area (Å²) in [7, 11) is 0. The minimum Gasteiger partial charge on any atom is -0.389 e. The third-order valence-corrected chi connectivity index (χ3v) is 2.53. The molecule has 0 rings (SSSR count). The zero-order valence-electron chi connectivity index (χ0n) is 9.05. The molecule has 1 atom stereocenters. The summed E-state index contributed by atoms with van der Waals surface area (Å²) in [5, 5.41) is 10.2. The summed E-state index contributed by atoms with van der Waals surface area (Å²) in [6.07, 6.45) is 1.50. The molecule has 0 aliphatic heterocycles. The number of primary amides is 1. The minimum absolute atomic E-state index is 0.0460. The Bertz CT molecular complexity index is 184. The maximum absolute atomic E-state index is 10.8. The molecule has 3 heteroatoms. The van der Waals surface area contributed by atoms with Crippen molar-refractivity contribution >= 4 is 5.91 Å². The molecule has 0 aliphatic rings. The lowest BCUT2D eigenvalue weighted by Gasteiger charge is -2.39. The molecule has 0 saturated heterocycles. The number of nitrogens with two attached hydrogens (primary N) is 1. The highest BCUT2D eigenvalue weighted by Crippen LogP contribution is 2.36. The van der Waals surface area contributed by atoms with E-state index in [1.54, 1.807) is 0 Å². The molecule has 0 bridgehead atoms. The van der Waals surface area contributed by atoms with Gasteiger partial charge in [0, 0.05) is 0 Å². The maximum atomic E-state index is 10.8. The third kappa shape index (κ3) is 3.35. The lowest BCUT2D eigenvalue weighted by Crippen LogP contribution is -2.45. The Hall–Kier alpha value is -0.570. The van der Waals surface area contributed by atoms with Crippen molar-refractivity contribution in [2.75, 3.05) is 0 Å². The highest BCUT2D eigenvalue weighted by molar-refractivity contribution is 5.75. The summed E-state index contributed by atoms with van der Waals surface area (Å²) in [5.41, 5.74) is 3.83. The summed E-state index contributed by atoms with van der Waals surface area (Å²) in [5.74, 6) is -0.439. The molecular weight excluding hydrogens is 166 g/mol. The Morgan fingerprint density at radius 2 is 1.85 bits per heavy atom. The van der Waals surface area contributed by atoms with Crippen molar-refractivity contribution in [3.63, 3.8) is 0 Å². The van der Waals surface area contributed by atoms with Crippen LogP contribution in [0.15, 0.2) is 0 Å². The van der Waals surface area contributed by atoms with Crippen LogP contribution in [0.5, 0.6) is 0 Å². The molecule has 0 radical (unpaired) electrons. The van der Waals surface area contributed by atoms with Crippen LogP contribution in [0.4, 0.5) is 0 Å². The van der Waals surface area contributed by atoms with Gasteiger partial charge in [0.05, 0.1) is 12.0 Å². The Labute approximate surface area is 80.3 Å². The SMILES string of the molecule is CCCC(O)(CC(N)=O)C(C)(C)C. The van der Waals surface area contributed by atoms with Crippen LogP contribution in [-0.2, 0) is 4.79 Å². The fraction of sp³-hybridized carbons (Fsp3) is 0.900. The standard InChI is InChI=1S/C10H21NO2/c1-5-6-10(13,7-8(11)12)9(2,3)4/h13H,5-7H2,1-4H3,(H2,11,12). The third-order valence-electron chi connectivity index (χ3n) is 2.53. The normalized spacial score (nSPS) is 16.7. The molecule has 0 aliphatic carbocycles. The van der Waals surface area contributed by atoms with Gasteiger partial charge < -0.3 is 10.8 Å². The number of aliphatic hydroxyl groups is 1. The van der Waals surface area contributed by atoms with E-state index in [1.165, 1.54) is 0 Å². The zero-order valence-corrected chi connectivity index (χ0v) is 9.05. The highest BCUT2D eigenvalue weighted by Gasteiger charge is 2.40. The van der Waals surface area contributed by atoms with Crippen molar-refractivity contribution in [2.45, 2.75) is 52.6 Å². The van der Waals surface area contributed by atoms with Gasteiger partial charge in [0.1, 0.15) is 0 Å². The molecule has 0 heterocycles. The lowest BCUT2D eigenvalue weighted by molar-refractivity contribution is -0.130. The van der Waals surface area contributed by atoms with Crippen LogP contribution < -0.4 is 5.73 Å². The van der Waals surface area contributed by atoms with E-state index in [9.17, 15) is 9.90 Å². The highest BCUT2D eigenvalue weighted by atomic mass is 16.3. The van der Waals surface area contributed by atoms with Crippen LogP contribution in [-0.4, -0.2) is 16.6 Å². The molecule has 0 fully saturated rings. The number of carbonyl (C=O) groups is 1. The Morgan fingerprint density at radius 3 is 2.08 bits per heavy atom. The topological polar surface area (TPSA) is 63.3 Å². The average molecular weight is 187 g/mol. The monoisotopic (exact) mass is 187 g/mol. The molecule has 0 aromatic rings. The van der Waals surface area contributed by atoms with Gasteiger partial charge in [-0.3, -0.25) is 4.79 Å². The van der Waals surface area contributed by atoms with Crippen LogP contribution in [0.2, 0.25) is 0 Å². The van der Waals surface area contributed by atoms with Gasteiger partial charge in [-0.25, -0.2) is 0 Å². The molecule has 3 nitrogen and oxygen atoms in total. The molecule has 0 spiro atoms. The predicted octanol–water partition coefficient (Wildman–Crippen LogP) is 1.44. The molecule has 3 N–H and O–H groups in total. The first kappa shape index (κ1) is 12.4. The van der Waals surface area contributed by atoms with E-state index in [0.717, 1.165) is 6.42 Å². The van der Waals surface area contributed by atoms with Gasteiger partial charge in [-0.2, -0.15) is 0 Å². The fourth-order valence-electron chi connectivity index (χ4n) is 1.43. The Kier molecular flexibility index (Phi) is 3.91. The van der Waals surface area contributed by atoms with Crippen molar-refractivity contribution in [1.29, 1.82) is 0 Å². The van der Waals surface area contributed by atoms with Crippen molar-refractivity contribution in [3.8, 4) is 0 Å². The molecule has 78 valence electrons. The first-order chi connectivity index (χ1) is 5.73. The molecular formula is C10H21NO2. The molecule has 0 aromatic heterocycles. The number of carbonyl (C=O) groups excluding carboxylic acids is 1. The summed E-state index contributed by atoms with van der Waals surface area (Å²) in [6.45, 7) is 7.75. The van der Waals surface area contributed by atoms with E-state index in [4.69, 9.17) is 5.73 Å². The zero-order chi connectivity index (χ0) is 10.7. The number of hydrogen-bond acceptors (Lipinski definition) is 2. The number of hydrogen-bond donors (Lipinski definition) is 2. The Morgan fingerprint density at radius 1 is 1.38 bits per heavy atom. The summed E-state index contributed by atoms with van der Waals surface area (Å²) < 4.78 is 0. The van der Waals surface area contributed by atoms with E-state index in [1.807, 2.05) is 27.7 Å². The van der Waals surface area contributed by atoms with Crippen molar-refractivity contribution < 1.29 is 9.90 Å². The first-order valence-corrected chi connectivity index (χ1v) is 4.73. The van der Waals surface area contributed by atoms with Gasteiger partial charge in [0.25, 0.3) is 0 Å². The van der Waals surface area contributed by atoms with E-state index in [-0.39, 0.29) is 11.8 Å². The van der Waals surface area contributed by atoms with Gasteiger partial charge in [0.15, 0.2) is 0 Å². The Balaban J connectivity index is 4.62. The molecule has 1 amide bonds. The second-order valence-corrected chi connectivity index (χ2v) is 4.67. The van der Waals surface area contributed by atoms with Crippen LogP contribution >= 0.6 is 0 Å². The fourth-order valence-corrected chi connectivity index (χ4v) is 1.43. The first-order valence-electron chi connectivity index (χ1n) is 4.73. The largest absolute Gasteiger partial charge is 0.389 e. The van der Waals surface area contributed by atoms with Crippen molar-refractivity contribution in [3.05, 3.63) is 0 Å². The van der Waals surface area contributed by atoms with E-state index < -0.39 is 11.5 Å². The van der Waals surface area contributed by atoms with Crippen LogP contribution in [0.3, 0.4) is 0 Å². The average Bonchev–Trinajstić information content (AvgIpc) is 1.82. The smallest absolute Gasteiger partial charge is 0.220 e. The summed E-state index contributed by atoms with van der Waals surface area (Å²) in [4.78, 5) is 10.8. The maximum Gasteiger partial charge on any atom is 0.220 e. The minimum atomic E-state index is -0.965. The number of rotatable bonds is 4. The molecule has 0 saturated carbocycles. The van der Waals surface area contributed by atoms with Crippen molar-refractivity contribution in [2.24, 2.45) is 11.1 Å². The summed E-state index contributed by atoms with van der Waals surface area (Å²) >= 11 is 0. The second-order valence-electron chi connectivity index (χ2n) is 4.67. The molecule has 0 aromatic carbocycles. The quantitative estimate of drug-likeness (QED) is 0.699. The van der Waals surface area contributed by atoms with Crippen LogP contribution in [0.25, 0.3) is 0 Å². The van der Waals surface area contributed by atoms with Gasteiger partial charge in [0.2, 0.25) is 5.91 Å². The van der Waals surface area contributed by atoms with Crippen LogP contribution in [0, 0.1) is 5.41 Å². The summed E-state index contributed by atoms with van der Waals surface area (Å²) in [6, 6.07) is 0. The van der Waals surface area contributed by atoms with Gasteiger partial charge in [-0.05, 0) is 11.8 Å². The second kappa shape index (κ2) is 4.09. The van der Waals surface area contributed by atoms with Crippen LogP contribution in [0.1, 0.15) is 47.0 Å². The van der Waals surface area contributed by atoms with E-state index in [0.29, 0.717) is 6.42 Å². The number of amides is 1. The lowest BCUT2D eigenvalue weighted by atomic mass is 9.72. The van der Waals surface area contributed by atoms with Gasteiger partial charge in [-0.15, -0.1) is 0 Å². The molecule has 1 unspecified atom stereocenters. The van der Waals surface area contributed by atoms with Gasteiger partial charge in [-0.1, -0.05) is 34.1 Å². The van der Waals surface area contributed by atoms with Crippen molar-refractivity contribution in [1.82, 2.24) is 0 Å². The van der Waals surface area contributed by atoms with Gasteiger partial charge >= 0.3 is 0 Å². The van der Waals surface area contributed by atoms with E-state index >= 15 is 0 Å². The predicted molar refractivity (Wildman–Crippen MR) is 53.1 cm³/mol. The van der Waals surface area contributed by atoms with E-state index in [2.05, 4.69) is 0 Å².